The van der Waals surface area contributed by atoms with Gasteiger partial charge in [-0.25, -0.2) is 14.4 Å². The Morgan fingerprint density at radius 3 is 2.51 bits per heavy atom. The van der Waals surface area contributed by atoms with Crippen molar-refractivity contribution >= 4 is 33.8 Å². The normalized spacial score (nSPS) is 17.5. The van der Waals surface area contributed by atoms with E-state index < -0.39 is 0 Å². The maximum atomic E-state index is 13.4. The van der Waals surface area contributed by atoms with Gasteiger partial charge in [0.1, 0.15) is 11.6 Å². The smallest absolute Gasteiger partial charge is 0.191 e. The molecule has 0 aliphatic carbocycles. The minimum atomic E-state index is -0.248. The van der Waals surface area contributed by atoms with Crippen LogP contribution in [0.5, 0.6) is 0 Å². The minimum Gasteiger partial charge on any atom is -0.379 e. The largest absolute Gasteiger partial charge is 0.379 e. The molecule has 3 aromatic heterocycles. The van der Waals surface area contributed by atoms with Crippen LogP contribution in [-0.2, 0) is 11.2 Å². The second kappa shape index (κ2) is 10.4. The van der Waals surface area contributed by atoms with Gasteiger partial charge in [0, 0.05) is 50.2 Å². The average Bonchev–Trinajstić information content (AvgIpc) is 3.59. The first-order chi connectivity index (χ1) is 18.1. The first-order valence-corrected chi connectivity index (χ1v) is 13.9. The molecule has 2 fully saturated rings. The van der Waals surface area contributed by atoms with E-state index in [9.17, 15) is 4.39 Å². The molecule has 37 heavy (non-hydrogen) atoms. The number of morpholine rings is 1. The van der Waals surface area contributed by atoms with Crippen molar-refractivity contribution in [3.05, 3.63) is 53.3 Å². The number of rotatable bonds is 6. The van der Waals surface area contributed by atoms with Crippen LogP contribution in [-0.4, -0.2) is 77.0 Å². The van der Waals surface area contributed by atoms with Gasteiger partial charge in [-0.3, -0.25) is 4.90 Å². The highest BCUT2D eigenvalue weighted by Crippen LogP contribution is 2.34. The van der Waals surface area contributed by atoms with Crippen molar-refractivity contribution in [2.24, 2.45) is 0 Å². The molecule has 0 N–H and O–H groups in total. The van der Waals surface area contributed by atoms with Crippen LogP contribution >= 0.6 is 11.3 Å². The number of fused-ring (bicyclic) bond motifs is 1. The van der Waals surface area contributed by atoms with E-state index in [2.05, 4.69) is 33.8 Å². The number of aryl methyl sites for hydroxylation is 1. The summed E-state index contributed by atoms with van der Waals surface area (Å²) in [5.74, 6) is 1.66. The number of piperidine rings is 1. The van der Waals surface area contributed by atoms with Gasteiger partial charge in [-0.05, 0) is 55.7 Å². The van der Waals surface area contributed by atoms with Gasteiger partial charge < -0.3 is 14.5 Å². The summed E-state index contributed by atoms with van der Waals surface area (Å²) in [5, 5.41) is 7.91. The number of aromatic nitrogens is 4. The second-order valence-electron chi connectivity index (χ2n) is 9.64. The third-order valence-corrected chi connectivity index (χ3v) is 8.35. The van der Waals surface area contributed by atoms with Crippen molar-refractivity contribution in [1.29, 1.82) is 0 Å². The zero-order valence-electron chi connectivity index (χ0n) is 21.3. The maximum absolute atomic E-state index is 13.4. The molecule has 6 rings (SSSR count). The number of thiazole rings is 1. The summed E-state index contributed by atoms with van der Waals surface area (Å²) in [6.07, 6.45) is 3.07. The standard InChI is InChI=1S/C27H32FN7OS/c1-3-22-26(32(2)27-30-23(18-37-27)19-4-6-20(28)7-5-19)35-24(29-22)8-9-25(31-35)34-12-10-21(11-13-34)33-14-16-36-17-15-33/h4-9,18,21H,3,10-17H2,1-2H3. The molecule has 0 amide bonds. The number of nitrogens with zero attached hydrogens (tertiary/aromatic N) is 7. The van der Waals surface area contributed by atoms with Crippen molar-refractivity contribution in [3.8, 4) is 11.3 Å². The maximum Gasteiger partial charge on any atom is 0.191 e. The highest BCUT2D eigenvalue weighted by Gasteiger charge is 2.27. The topological polar surface area (TPSA) is 62.0 Å². The van der Waals surface area contributed by atoms with Crippen molar-refractivity contribution < 1.29 is 9.13 Å². The van der Waals surface area contributed by atoms with Crippen LogP contribution in [0.25, 0.3) is 16.9 Å². The Hall–Kier alpha value is -3.08. The number of anilines is 3. The summed E-state index contributed by atoms with van der Waals surface area (Å²) >= 11 is 1.56. The zero-order valence-corrected chi connectivity index (χ0v) is 22.1. The predicted molar refractivity (Wildman–Crippen MR) is 146 cm³/mol. The Labute approximate surface area is 220 Å². The molecule has 0 atom stereocenters. The molecule has 0 saturated carbocycles. The van der Waals surface area contributed by atoms with Crippen LogP contribution in [0.2, 0.25) is 0 Å². The summed E-state index contributed by atoms with van der Waals surface area (Å²) < 4.78 is 20.9. The van der Waals surface area contributed by atoms with Gasteiger partial charge in [-0.2, -0.15) is 4.52 Å². The zero-order chi connectivity index (χ0) is 25.4. The monoisotopic (exact) mass is 521 g/mol. The van der Waals surface area contributed by atoms with E-state index in [1.54, 1.807) is 23.5 Å². The molecule has 8 nitrogen and oxygen atoms in total. The van der Waals surface area contributed by atoms with E-state index >= 15 is 0 Å². The van der Waals surface area contributed by atoms with Crippen molar-refractivity contribution in [2.75, 3.05) is 56.2 Å². The SMILES string of the molecule is CCc1nc2ccc(N3CCC(N4CCOCC4)CC3)nn2c1N(C)c1nc(-c2ccc(F)cc2)cs1. The van der Waals surface area contributed by atoms with E-state index in [0.717, 1.165) is 98.0 Å². The molecule has 2 saturated heterocycles. The van der Waals surface area contributed by atoms with Crippen LogP contribution in [0.1, 0.15) is 25.5 Å². The predicted octanol–water partition coefficient (Wildman–Crippen LogP) is 4.62. The number of hydrogen-bond donors (Lipinski definition) is 0. The average molecular weight is 522 g/mol. The van der Waals surface area contributed by atoms with Gasteiger partial charge >= 0.3 is 0 Å². The van der Waals surface area contributed by atoms with E-state index in [-0.39, 0.29) is 5.82 Å². The molecule has 0 unspecified atom stereocenters. The molecule has 10 heteroatoms. The highest BCUT2D eigenvalue weighted by molar-refractivity contribution is 7.14. The quantitative estimate of drug-likeness (QED) is 0.367. The van der Waals surface area contributed by atoms with Crippen LogP contribution < -0.4 is 9.80 Å². The lowest BCUT2D eigenvalue weighted by molar-refractivity contribution is 0.0114. The molecule has 5 heterocycles. The lowest BCUT2D eigenvalue weighted by Gasteiger charge is -2.40. The van der Waals surface area contributed by atoms with Crippen LogP contribution in [0.4, 0.5) is 21.2 Å². The second-order valence-corrected chi connectivity index (χ2v) is 10.5. The van der Waals surface area contributed by atoms with E-state index in [1.165, 1.54) is 12.1 Å². The summed E-state index contributed by atoms with van der Waals surface area (Å²) in [6.45, 7) is 7.88. The number of halogens is 1. The molecule has 0 spiro atoms. The fraction of sp³-hybridized carbons (Fsp3) is 0.444. The summed E-state index contributed by atoms with van der Waals surface area (Å²) in [5.41, 5.74) is 3.54. The van der Waals surface area contributed by atoms with Gasteiger partial charge in [0.05, 0.1) is 24.6 Å². The van der Waals surface area contributed by atoms with Crippen molar-refractivity contribution in [1.82, 2.24) is 24.5 Å². The molecule has 194 valence electrons. The Morgan fingerprint density at radius 2 is 1.78 bits per heavy atom. The number of hydrogen-bond acceptors (Lipinski definition) is 8. The van der Waals surface area contributed by atoms with Crippen LogP contribution in [0.3, 0.4) is 0 Å². The first-order valence-electron chi connectivity index (χ1n) is 13.0. The third kappa shape index (κ3) is 4.81. The molecule has 4 aromatic rings. The molecule has 2 aliphatic rings. The van der Waals surface area contributed by atoms with Gasteiger partial charge in [0.15, 0.2) is 16.6 Å². The lowest BCUT2D eigenvalue weighted by atomic mass is 10.0. The van der Waals surface area contributed by atoms with Gasteiger partial charge in [0.2, 0.25) is 0 Å². The van der Waals surface area contributed by atoms with E-state index in [0.29, 0.717) is 6.04 Å². The summed E-state index contributed by atoms with van der Waals surface area (Å²) in [4.78, 5) is 16.8. The fourth-order valence-corrected chi connectivity index (χ4v) is 6.17. The number of benzene rings is 1. The Kier molecular flexibility index (Phi) is 6.79. The number of imidazole rings is 1. The van der Waals surface area contributed by atoms with Gasteiger partial charge in [0.25, 0.3) is 0 Å². The summed E-state index contributed by atoms with van der Waals surface area (Å²) in [7, 11) is 2.01. The first kappa shape index (κ1) is 24.3. The third-order valence-electron chi connectivity index (χ3n) is 7.43. The van der Waals surface area contributed by atoms with E-state index in [1.807, 2.05) is 16.9 Å². The Balaban J connectivity index is 1.25. The fourth-order valence-electron chi connectivity index (χ4n) is 5.36. The van der Waals surface area contributed by atoms with Crippen LogP contribution in [0, 0.1) is 5.82 Å². The highest BCUT2D eigenvalue weighted by atomic mass is 32.1. The number of ether oxygens (including phenoxy) is 1. The van der Waals surface area contributed by atoms with Gasteiger partial charge in [-0.1, -0.05) is 6.92 Å². The molecular weight excluding hydrogens is 489 g/mol. The Bertz CT molecular complexity index is 1360. The van der Waals surface area contributed by atoms with E-state index in [4.69, 9.17) is 19.8 Å². The molecule has 2 aliphatic heterocycles. The Morgan fingerprint density at radius 1 is 1.03 bits per heavy atom. The lowest BCUT2D eigenvalue weighted by Crippen LogP contribution is -2.49. The van der Waals surface area contributed by atoms with Crippen LogP contribution in [0.15, 0.2) is 41.8 Å². The summed E-state index contributed by atoms with van der Waals surface area (Å²) in [6, 6.07) is 11.2. The molecule has 0 bridgehead atoms. The molecular formula is C27H32FN7OS. The van der Waals surface area contributed by atoms with Crippen molar-refractivity contribution in [3.63, 3.8) is 0 Å². The molecule has 0 radical (unpaired) electrons. The molecule has 1 aromatic carbocycles. The van der Waals surface area contributed by atoms with Crippen molar-refractivity contribution in [2.45, 2.75) is 32.2 Å². The minimum absolute atomic E-state index is 0.248. The van der Waals surface area contributed by atoms with Gasteiger partial charge in [-0.15, -0.1) is 16.4 Å².